The third-order valence-corrected chi connectivity index (χ3v) is 7.59. The highest BCUT2D eigenvalue weighted by atomic mass is 32.2. The maximum atomic E-state index is 13.7. The summed E-state index contributed by atoms with van der Waals surface area (Å²) >= 11 is 0. The number of hydrogen-bond acceptors (Lipinski definition) is 6. The average Bonchev–Trinajstić information content (AvgIpc) is 3.11. The standard InChI is InChI=1S/C22H24N2O5S/c1-14-22(15(2)29-23-14)30(25,26)24-11-10-17-12-19(27-3)20(28-4)13-18(17)21(24)16-8-6-5-7-9-16/h5-9,12-13,21H,10-11H2,1-4H3/t21-/m1/s1. The Balaban J connectivity index is 1.93. The Morgan fingerprint density at radius 1 is 1.07 bits per heavy atom. The number of aryl methyl sites for hydroxylation is 2. The Labute approximate surface area is 176 Å². The SMILES string of the molecule is COc1cc2c(cc1OC)[C@@H](c1ccccc1)N(S(=O)(=O)c1c(C)noc1C)CC2. The van der Waals surface area contributed by atoms with Crippen LogP contribution in [0.3, 0.4) is 0 Å². The van der Waals surface area contributed by atoms with Crippen LogP contribution >= 0.6 is 0 Å². The lowest BCUT2D eigenvalue weighted by atomic mass is 9.89. The number of aromatic nitrogens is 1. The van der Waals surface area contributed by atoms with E-state index in [2.05, 4.69) is 5.16 Å². The molecule has 8 heteroatoms. The number of hydrogen-bond donors (Lipinski definition) is 0. The Bertz CT molecular complexity index is 1150. The molecule has 4 rings (SSSR count). The Morgan fingerprint density at radius 2 is 1.73 bits per heavy atom. The van der Waals surface area contributed by atoms with Gasteiger partial charge in [0.2, 0.25) is 10.0 Å². The molecular formula is C22H24N2O5S. The maximum absolute atomic E-state index is 13.7. The number of methoxy groups -OCH3 is 2. The van der Waals surface area contributed by atoms with Gasteiger partial charge < -0.3 is 14.0 Å². The molecule has 0 aliphatic carbocycles. The molecule has 30 heavy (non-hydrogen) atoms. The van der Waals surface area contributed by atoms with Crippen molar-refractivity contribution in [2.45, 2.75) is 31.2 Å². The zero-order valence-electron chi connectivity index (χ0n) is 17.4. The summed E-state index contributed by atoms with van der Waals surface area (Å²) in [4.78, 5) is 0.132. The summed E-state index contributed by atoms with van der Waals surface area (Å²) in [7, 11) is -0.685. The van der Waals surface area contributed by atoms with Crippen LogP contribution in [-0.4, -0.2) is 38.6 Å². The molecule has 0 N–H and O–H groups in total. The molecule has 0 radical (unpaired) electrons. The van der Waals surface area contributed by atoms with Gasteiger partial charge in [-0.05, 0) is 49.1 Å². The largest absolute Gasteiger partial charge is 0.493 e. The summed E-state index contributed by atoms with van der Waals surface area (Å²) in [6, 6.07) is 12.9. The third kappa shape index (κ3) is 3.26. The minimum Gasteiger partial charge on any atom is -0.493 e. The van der Waals surface area contributed by atoms with E-state index in [4.69, 9.17) is 14.0 Å². The van der Waals surface area contributed by atoms with Gasteiger partial charge in [-0.25, -0.2) is 8.42 Å². The van der Waals surface area contributed by atoms with Crippen LogP contribution in [-0.2, 0) is 16.4 Å². The molecule has 0 unspecified atom stereocenters. The van der Waals surface area contributed by atoms with Crippen LogP contribution < -0.4 is 9.47 Å². The van der Waals surface area contributed by atoms with Crippen molar-refractivity contribution in [2.24, 2.45) is 0 Å². The average molecular weight is 429 g/mol. The van der Waals surface area contributed by atoms with Gasteiger partial charge in [0.15, 0.2) is 17.3 Å². The van der Waals surface area contributed by atoms with Crippen LogP contribution in [0.4, 0.5) is 0 Å². The van der Waals surface area contributed by atoms with Crippen molar-refractivity contribution in [3.8, 4) is 11.5 Å². The van der Waals surface area contributed by atoms with Gasteiger partial charge in [0.05, 0.1) is 20.3 Å². The zero-order valence-corrected chi connectivity index (χ0v) is 18.2. The van der Waals surface area contributed by atoms with Crippen molar-refractivity contribution in [2.75, 3.05) is 20.8 Å². The Hall–Kier alpha value is -2.84. The quantitative estimate of drug-likeness (QED) is 0.617. The van der Waals surface area contributed by atoms with Gasteiger partial charge in [0, 0.05) is 6.54 Å². The monoisotopic (exact) mass is 428 g/mol. The van der Waals surface area contributed by atoms with E-state index < -0.39 is 16.1 Å². The van der Waals surface area contributed by atoms with Gasteiger partial charge in [-0.2, -0.15) is 4.31 Å². The number of benzene rings is 2. The molecule has 0 bridgehead atoms. The van der Waals surface area contributed by atoms with Crippen LogP contribution in [0.15, 0.2) is 51.9 Å². The van der Waals surface area contributed by atoms with E-state index in [1.807, 2.05) is 42.5 Å². The number of fused-ring (bicyclic) bond motifs is 1. The highest BCUT2D eigenvalue weighted by Crippen LogP contribution is 2.43. The molecule has 0 saturated carbocycles. The fourth-order valence-corrected chi connectivity index (χ4v) is 6.01. The summed E-state index contributed by atoms with van der Waals surface area (Å²) in [5.41, 5.74) is 3.14. The van der Waals surface area contributed by atoms with E-state index in [-0.39, 0.29) is 10.7 Å². The maximum Gasteiger partial charge on any atom is 0.249 e. The highest BCUT2D eigenvalue weighted by Gasteiger charge is 2.40. The first-order chi connectivity index (χ1) is 14.4. The lowest BCUT2D eigenvalue weighted by Crippen LogP contribution is -2.41. The summed E-state index contributed by atoms with van der Waals surface area (Å²) < 4.78 is 45.1. The number of nitrogens with zero attached hydrogens (tertiary/aromatic N) is 2. The summed E-state index contributed by atoms with van der Waals surface area (Å²) in [6.45, 7) is 3.59. The second-order valence-corrected chi connectivity index (χ2v) is 9.07. The Kier molecular flexibility index (Phi) is 5.29. The molecule has 1 atom stereocenters. The fourth-order valence-electron chi connectivity index (χ4n) is 4.12. The Morgan fingerprint density at radius 3 is 2.33 bits per heavy atom. The second-order valence-electron chi connectivity index (χ2n) is 7.24. The first-order valence-electron chi connectivity index (χ1n) is 9.63. The molecule has 0 amide bonds. The van der Waals surface area contributed by atoms with Crippen molar-refractivity contribution in [1.29, 1.82) is 0 Å². The van der Waals surface area contributed by atoms with Gasteiger partial charge in [0.1, 0.15) is 10.6 Å². The molecule has 3 aromatic rings. The van der Waals surface area contributed by atoms with E-state index in [0.29, 0.717) is 30.2 Å². The summed E-state index contributed by atoms with van der Waals surface area (Å²) in [6.07, 6.45) is 0.557. The molecule has 2 aromatic carbocycles. The van der Waals surface area contributed by atoms with Crippen molar-refractivity contribution < 1.29 is 22.4 Å². The molecule has 0 fully saturated rings. The van der Waals surface area contributed by atoms with Gasteiger partial charge >= 0.3 is 0 Å². The van der Waals surface area contributed by atoms with Crippen LogP contribution in [0.5, 0.6) is 11.5 Å². The number of ether oxygens (including phenoxy) is 2. The van der Waals surface area contributed by atoms with Crippen LogP contribution in [0.1, 0.15) is 34.2 Å². The third-order valence-electron chi connectivity index (χ3n) is 5.48. The molecule has 2 heterocycles. The molecule has 0 spiro atoms. The lowest BCUT2D eigenvalue weighted by Gasteiger charge is -2.37. The molecule has 158 valence electrons. The van der Waals surface area contributed by atoms with Crippen molar-refractivity contribution in [3.05, 3.63) is 70.6 Å². The first-order valence-corrected chi connectivity index (χ1v) is 11.1. The van der Waals surface area contributed by atoms with Crippen LogP contribution in [0.25, 0.3) is 0 Å². The molecule has 7 nitrogen and oxygen atoms in total. The predicted octanol–water partition coefficient (Wildman–Crippen LogP) is 3.65. The van der Waals surface area contributed by atoms with Gasteiger partial charge in [-0.15, -0.1) is 0 Å². The lowest BCUT2D eigenvalue weighted by molar-refractivity contribution is 0.331. The predicted molar refractivity (Wildman–Crippen MR) is 111 cm³/mol. The van der Waals surface area contributed by atoms with E-state index in [1.54, 1.807) is 28.1 Å². The van der Waals surface area contributed by atoms with Crippen molar-refractivity contribution in [3.63, 3.8) is 0 Å². The van der Waals surface area contributed by atoms with Crippen LogP contribution in [0.2, 0.25) is 0 Å². The number of sulfonamides is 1. The molecule has 1 aliphatic rings. The topological polar surface area (TPSA) is 81.9 Å². The van der Waals surface area contributed by atoms with E-state index >= 15 is 0 Å². The summed E-state index contributed by atoms with van der Waals surface area (Å²) in [5, 5.41) is 3.85. The number of rotatable bonds is 5. The van der Waals surface area contributed by atoms with Gasteiger partial charge in [-0.3, -0.25) is 0 Å². The van der Waals surface area contributed by atoms with Crippen molar-refractivity contribution in [1.82, 2.24) is 9.46 Å². The first kappa shape index (κ1) is 20.4. The minimum atomic E-state index is -3.85. The van der Waals surface area contributed by atoms with Crippen LogP contribution in [0, 0.1) is 13.8 Å². The van der Waals surface area contributed by atoms with E-state index in [0.717, 1.165) is 16.7 Å². The van der Waals surface area contributed by atoms with Crippen molar-refractivity contribution >= 4 is 10.0 Å². The van der Waals surface area contributed by atoms with Gasteiger partial charge in [-0.1, -0.05) is 35.5 Å². The molecule has 1 aliphatic heterocycles. The highest BCUT2D eigenvalue weighted by molar-refractivity contribution is 7.89. The van der Waals surface area contributed by atoms with Gasteiger partial charge in [0.25, 0.3) is 0 Å². The fraction of sp³-hybridized carbons (Fsp3) is 0.318. The molecule has 1 aromatic heterocycles. The normalized spacial score (nSPS) is 16.9. The molecule has 0 saturated heterocycles. The summed E-state index contributed by atoms with van der Waals surface area (Å²) in [5.74, 6) is 1.48. The second kappa shape index (κ2) is 7.77. The zero-order chi connectivity index (χ0) is 21.5. The smallest absolute Gasteiger partial charge is 0.249 e. The minimum absolute atomic E-state index is 0.132. The van der Waals surface area contributed by atoms with E-state index in [9.17, 15) is 8.42 Å². The molecular weight excluding hydrogens is 404 g/mol. The van der Waals surface area contributed by atoms with E-state index in [1.165, 1.54) is 4.31 Å².